The zero-order valence-corrected chi connectivity index (χ0v) is 7.90. The van der Waals surface area contributed by atoms with Crippen molar-refractivity contribution in [3.05, 3.63) is 42.5 Å². The van der Waals surface area contributed by atoms with Crippen molar-refractivity contribution in [1.82, 2.24) is 0 Å². The molecule has 0 aromatic heterocycles. The molecule has 2 rings (SSSR count). The number of amides is 1. The van der Waals surface area contributed by atoms with Gasteiger partial charge in [-0.25, -0.2) is 0 Å². The highest BCUT2D eigenvalue weighted by Crippen LogP contribution is 2.39. The van der Waals surface area contributed by atoms with E-state index in [1.807, 2.05) is 6.07 Å². The minimum Gasteiger partial charge on any atom is -0.372 e. The quantitative estimate of drug-likeness (QED) is 0.670. The first kappa shape index (κ1) is 8.97. The highest BCUT2D eigenvalue weighted by molar-refractivity contribution is 6.07. The molecule has 1 aliphatic heterocycles. The van der Waals surface area contributed by atoms with Gasteiger partial charge < -0.3 is 10.0 Å². The van der Waals surface area contributed by atoms with Crippen LogP contribution in [0.5, 0.6) is 0 Å². The van der Waals surface area contributed by atoms with Crippen LogP contribution < -0.4 is 4.90 Å². The third kappa shape index (κ3) is 0.873. The SMILES string of the molecule is C=C[C@@]1(O)C(=O)N(C)c2ccccc21. The summed E-state index contributed by atoms with van der Waals surface area (Å²) in [6.45, 7) is 3.50. The topological polar surface area (TPSA) is 40.5 Å². The van der Waals surface area contributed by atoms with Crippen LogP contribution in [0.3, 0.4) is 0 Å². The van der Waals surface area contributed by atoms with E-state index in [1.54, 1.807) is 25.2 Å². The minimum atomic E-state index is -1.55. The number of carbonyl (C=O) groups is 1. The largest absolute Gasteiger partial charge is 0.372 e. The molecule has 1 heterocycles. The zero-order chi connectivity index (χ0) is 10.3. The van der Waals surface area contributed by atoms with Gasteiger partial charge in [-0.05, 0) is 12.1 Å². The number of rotatable bonds is 1. The molecule has 0 saturated heterocycles. The Labute approximate surface area is 82.3 Å². The number of hydrogen-bond acceptors (Lipinski definition) is 2. The van der Waals surface area contributed by atoms with Gasteiger partial charge in [0, 0.05) is 12.6 Å². The molecule has 1 amide bonds. The van der Waals surface area contributed by atoms with E-state index in [0.29, 0.717) is 5.56 Å². The maximum atomic E-state index is 11.7. The first-order valence-electron chi connectivity index (χ1n) is 4.35. The molecule has 0 bridgehead atoms. The molecule has 3 heteroatoms. The van der Waals surface area contributed by atoms with Crippen LogP contribution in [0.15, 0.2) is 36.9 Å². The average Bonchev–Trinajstić information content (AvgIpc) is 2.43. The van der Waals surface area contributed by atoms with Crippen molar-refractivity contribution < 1.29 is 9.90 Å². The van der Waals surface area contributed by atoms with E-state index < -0.39 is 5.60 Å². The molecular formula is C11H11NO2. The maximum absolute atomic E-state index is 11.7. The van der Waals surface area contributed by atoms with E-state index in [-0.39, 0.29) is 5.91 Å². The van der Waals surface area contributed by atoms with Gasteiger partial charge >= 0.3 is 0 Å². The molecule has 0 spiro atoms. The van der Waals surface area contributed by atoms with Gasteiger partial charge in [0.2, 0.25) is 0 Å². The zero-order valence-electron chi connectivity index (χ0n) is 7.90. The normalized spacial score (nSPS) is 25.0. The smallest absolute Gasteiger partial charge is 0.267 e. The summed E-state index contributed by atoms with van der Waals surface area (Å²) in [7, 11) is 1.64. The van der Waals surface area contributed by atoms with Gasteiger partial charge in [-0.2, -0.15) is 0 Å². The van der Waals surface area contributed by atoms with Crippen LogP contribution in [-0.4, -0.2) is 18.1 Å². The van der Waals surface area contributed by atoms with Crippen LogP contribution in [0.1, 0.15) is 5.56 Å². The summed E-state index contributed by atoms with van der Waals surface area (Å²) in [6, 6.07) is 7.16. The number of likely N-dealkylation sites (N-methyl/N-ethyl adjacent to an activating group) is 1. The van der Waals surface area contributed by atoms with Crippen molar-refractivity contribution in [2.75, 3.05) is 11.9 Å². The van der Waals surface area contributed by atoms with Crippen molar-refractivity contribution >= 4 is 11.6 Å². The summed E-state index contributed by atoms with van der Waals surface area (Å²) in [4.78, 5) is 13.2. The van der Waals surface area contributed by atoms with Gasteiger partial charge in [-0.1, -0.05) is 24.8 Å². The molecule has 72 valence electrons. The van der Waals surface area contributed by atoms with Crippen LogP contribution in [0.2, 0.25) is 0 Å². The molecule has 1 aromatic carbocycles. The third-order valence-corrected chi connectivity index (χ3v) is 2.60. The summed E-state index contributed by atoms with van der Waals surface area (Å²) in [6.07, 6.45) is 1.28. The second-order valence-electron chi connectivity index (χ2n) is 3.35. The number of nitrogens with zero attached hydrogens (tertiary/aromatic N) is 1. The van der Waals surface area contributed by atoms with Gasteiger partial charge in [0.25, 0.3) is 5.91 Å². The Kier molecular flexibility index (Phi) is 1.72. The van der Waals surface area contributed by atoms with Crippen molar-refractivity contribution in [2.45, 2.75) is 5.60 Å². The fraction of sp³-hybridized carbons (Fsp3) is 0.182. The highest BCUT2D eigenvalue weighted by atomic mass is 16.3. The summed E-state index contributed by atoms with van der Waals surface area (Å²) in [5, 5.41) is 10.1. The Hall–Kier alpha value is -1.61. The fourth-order valence-electron chi connectivity index (χ4n) is 1.77. The lowest BCUT2D eigenvalue weighted by molar-refractivity contribution is -0.131. The number of carbonyl (C=O) groups excluding carboxylic acids is 1. The summed E-state index contributed by atoms with van der Waals surface area (Å²) < 4.78 is 0. The minimum absolute atomic E-state index is 0.353. The molecule has 1 N–H and O–H groups in total. The average molecular weight is 189 g/mol. The van der Waals surface area contributed by atoms with Gasteiger partial charge in [0.1, 0.15) is 0 Å². The van der Waals surface area contributed by atoms with Crippen molar-refractivity contribution in [1.29, 1.82) is 0 Å². The van der Waals surface area contributed by atoms with Crippen molar-refractivity contribution in [3.63, 3.8) is 0 Å². The number of hydrogen-bond donors (Lipinski definition) is 1. The molecular weight excluding hydrogens is 178 g/mol. The number of anilines is 1. The first-order valence-corrected chi connectivity index (χ1v) is 4.35. The van der Waals surface area contributed by atoms with Crippen LogP contribution in [0.25, 0.3) is 0 Å². The second kappa shape index (κ2) is 2.69. The molecule has 3 nitrogen and oxygen atoms in total. The molecule has 0 fully saturated rings. The third-order valence-electron chi connectivity index (χ3n) is 2.60. The Morgan fingerprint density at radius 3 is 2.79 bits per heavy atom. The lowest BCUT2D eigenvalue weighted by atomic mass is 9.96. The Morgan fingerprint density at radius 2 is 2.14 bits per heavy atom. The first-order chi connectivity index (χ1) is 6.61. The summed E-state index contributed by atoms with van der Waals surface area (Å²) >= 11 is 0. The molecule has 1 atom stereocenters. The Morgan fingerprint density at radius 1 is 1.50 bits per heavy atom. The van der Waals surface area contributed by atoms with E-state index in [4.69, 9.17) is 0 Å². The summed E-state index contributed by atoms with van der Waals surface area (Å²) in [5.41, 5.74) is -0.215. The Balaban J connectivity index is 2.70. The maximum Gasteiger partial charge on any atom is 0.267 e. The molecule has 0 aliphatic carbocycles. The molecule has 0 unspecified atom stereocenters. The summed E-state index contributed by atoms with van der Waals surface area (Å²) in [5.74, 6) is -0.353. The van der Waals surface area contributed by atoms with Crippen molar-refractivity contribution in [3.8, 4) is 0 Å². The number of benzene rings is 1. The highest BCUT2D eigenvalue weighted by Gasteiger charge is 2.45. The van der Waals surface area contributed by atoms with Gasteiger partial charge in [0.15, 0.2) is 5.60 Å². The molecule has 0 saturated carbocycles. The van der Waals surface area contributed by atoms with Crippen LogP contribution in [0, 0.1) is 0 Å². The van der Waals surface area contributed by atoms with Crippen LogP contribution in [-0.2, 0) is 10.4 Å². The van der Waals surface area contributed by atoms with Gasteiger partial charge in [0.05, 0.1) is 5.69 Å². The van der Waals surface area contributed by atoms with Crippen molar-refractivity contribution in [2.24, 2.45) is 0 Å². The predicted molar refractivity (Wildman–Crippen MR) is 53.9 cm³/mol. The monoisotopic (exact) mass is 189 g/mol. The lowest BCUT2D eigenvalue weighted by Crippen LogP contribution is -2.36. The fourth-order valence-corrected chi connectivity index (χ4v) is 1.77. The van der Waals surface area contributed by atoms with Gasteiger partial charge in [-0.3, -0.25) is 4.79 Å². The van der Waals surface area contributed by atoms with E-state index in [1.165, 1.54) is 11.0 Å². The lowest BCUT2D eigenvalue weighted by Gasteiger charge is -2.16. The van der Waals surface area contributed by atoms with Crippen LogP contribution in [0.4, 0.5) is 5.69 Å². The number of aliphatic hydroxyl groups is 1. The molecule has 14 heavy (non-hydrogen) atoms. The van der Waals surface area contributed by atoms with E-state index in [9.17, 15) is 9.90 Å². The predicted octanol–water partition coefficient (Wildman–Crippen LogP) is 1.04. The van der Waals surface area contributed by atoms with Gasteiger partial charge in [-0.15, -0.1) is 0 Å². The molecule has 1 aliphatic rings. The number of fused-ring (bicyclic) bond motifs is 1. The van der Waals surface area contributed by atoms with E-state index >= 15 is 0 Å². The molecule has 1 aromatic rings. The van der Waals surface area contributed by atoms with Crippen LogP contribution >= 0.6 is 0 Å². The Bertz CT molecular complexity index is 414. The van der Waals surface area contributed by atoms with E-state index in [0.717, 1.165) is 5.69 Å². The van der Waals surface area contributed by atoms with E-state index in [2.05, 4.69) is 6.58 Å². The number of para-hydroxylation sites is 1. The molecule has 0 radical (unpaired) electrons. The standard InChI is InChI=1S/C11H11NO2/c1-3-11(14)8-6-4-5-7-9(8)12(2)10(11)13/h3-7,14H,1H2,2H3/t11-/m0/s1. The second-order valence-corrected chi connectivity index (χ2v) is 3.35.